The lowest BCUT2D eigenvalue weighted by Gasteiger charge is -2.13. The van der Waals surface area contributed by atoms with Gasteiger partial charge in [-0.2, -0.15) is 16.4 Å². The van der Waals surface area contributed by atoms with Crippen molar-refractivity contribution in [2.24, 2.45) is 0 Å². The zero-order valence-electron chi connectivity index (χ0n) is 10.6. The van der Waals surface area contributed by atoms with Crippen LogP contribution in [0.4, 0.5) is 5.95 Å². The fourth-order valence-corrected chi connectivity index (χ4v) is 2.20. The molecule has 0 bridgehead atoms. The molecule has 0 saturated heterocycles. The minimum Gasteiger partial charge on any atom is -0.350 e. The molecule has 2 aromatic rings. The summed E-state index contributed by atoms with van der Waals surface area (Å²) in [6.07, 6.45) is 3.20. The van der Waals surface area contributed by atoms with Crippen molar-refractivity contribution >= 4 is 17.7 Å². The molecule has 0 fully saturated rings. The molecule has 18 heavy (non-hydrogen) atoms. The molecule has 0 aliphatic rings. The Morgan fingerprint density at radius 2 is 2.11 bits per heavy atom. The van der Waals surface area contributed by atoms with Gasteiger partial charge in [0.25, 0.3) is 0 Å². The summed E-state index contributed by atoms with van der Waals surface area (Å²) in [6.45, 7) is 2.14. The largest absolute Gasteiger partial charge is 0.350 e. The molecule has 0 amide bonds. The lowest BCUT2D eigenvalue weighted by molar-refractivity contribution is 0.743. The number of hydrogen-bond donors (Lipinski definition) is 1. The standard InChI is InChI=1S/C12H17N5S/c1-10(8-9-18-2)13-12-14-15-16-17(12)11-6-4-3-5-7-11/h3-7,10H,8-9H2,1-2H3,(H,13,14,16). The molecule has 0 spiro atoms. The van der Waals surface area contributed by atoms with Crippen molar-refractivity contribution < 1.29 is 0 Å². The van der Waals surface area contributed by atoms with Crippen LogP contribution in [0.2, 0.25) is 0 Å². The highest BCUT2D eigenvalue weighted by Gasteiger charge is 2.10. The summed E-state index contributed by atoms with van der Waals surface area (Å²) >= 11 is 1.84. The molecule has 1 aromatic carbocycles. The minimum absolute atomic E-state index is 0.353. The van der Waals surface area contributed by atoms with Gasteiger partial charge in [-0.3, -0.25) is 0 Å². The van der Waals surface area contributed by atoms with Crippen LogP contribution < -0.4 is 5.32 Å². The Labute approximate surface area is 111 Å². The predicted molar refractivity (Wildman–Crippen MR) is 75.2 cm³/mol. The third-order valence-electron chi connectivity index (χ3n) is 2.60. The van der Waals surface area contributed by atoms with E-state index in [9.17, 15) is 0 Å². The predicted octanol–water partition coefficient (Wildman–Crippen LogP) is 2.22. The number of anilines is 1. The Morgan fingerprint density at radius 1 is 1.33 bits per heavy atom. The number of nitrogens with one attached hydrogen (secondary N) is 1. The first-order valence-corrected chi connectivity index (χ1v) is 7.30. The van der Waals surface area contributed by atoms with E-state index < -0.39 is 0 Å². The number of hydrogen-bond acceptors (Lipinski definition) is 5. The van der Waals surface area contributed by atoms with Gasteiger partial charge >= 0.3 is 0 Å². The number of thioether (sulfide) groups is 1. The number of aromatic nitrogens is 4. The maximum atomic E-state index is 4.02. The second kappa shape index (κ2) is 6.39. The van der Waals surface area contributed by atoms with Gasteiger partial charge in [0, 0.05) is 6.04 Å². The van der Waals surface area contributed by atoms with Crippen LogP contribution in [-0.4, -0.2) is 38.3 Å². The molecule has 0 radical (unpaired) electrons. The lowest BCUT2D eigenvalue weighted by atomic mass is 10.3. The molecule has 6 heteroatoms. The van der Waals surface area contributed by atoms with Crippen LogP contribution in [0.15, 0.2) is 30.3 Å². The van der Waals surface area contributed by atoms with Crippen molar-refractivity contribution in [2.75, 3.05) is 17.3 Å². The molecular weight excluding hydrogens is 246 g/mol. The lowest BCUT2D eigenvalue weighted by Crippen LogP contribution is -2.19. The molecule has 1 atom stereocenters. The Kier molecular flexibility index (Phi) is 4.58. The van der Waals surface area contributed by atoms with E-state index in [0.717, 1.165) is 17.9 Å². The van der Waals surface area contributed by atoms with Gasteiger partial charge in [0.1, 0.15) is 0 Å². The summed E-state index contributed by atoms with van der Waals surface area (Å²) in [7, 11) is 0. The van der Waals surface area contributed by atoms with Crippen molar-refractivity contribution in [1.29, 1.82) is 0 Å². The highest BCUT2D eigenvalue weighted by Crippen LogP contribution is 2.12. The third-order valence-corrected chi connectivity index (χ3v) is 3.24. The van der Waals surface area contributed by atoms with Gasteiger partial charge in [0.2, 0.25) is 5.95 Å². The van der Waals surface area contributed by atoms with Gasteiger partial charge in [-0.05, 0) is 47.9 Å². The maximum Gasteiger partial charge on any atom is 0.247 e. The highest BCUT2D eigenvalue weighted by molar-refractivity contribution is 7.98. The van der Waals surface area contributed by atoms with E-state index in [1.807, 2.05) is 42.1 Å². The van der Waals surface area contributed by atoms with Crippen molar-refractivity contribution in [3.05, 3.63) is 30.3 Å². The Morgan fingerprint density at radius 3 is 2.83 bits per heavy atom. The minimum atomic E-state index is 0.353. The molecule has 0 saturated carbocycles. The van der Waals surface area contributed by atoms with Gasteiger partial charge in [-0.1, -0.05) is 23.3 Å². The van der Waals surface area contributed by atoms with E-state index in [2.05, 4.69) is 34.0 Å². The molecule has 0 aliphatic carbocycles. The molecule has 5 nitrogen and oxygen atoms in total. The first-order valence-electron chi connectivity index (χ1n) is 5.90. The molecule has 0 aliphatic heterocycles. The highest BCUT2D eigenvalue weighted by atomic mass is 32.2. The SMILES string of the molecule is CSCCC(C)Nc1nnnn1-c1ccccc1. The summed E-state index contributed by atoms with van der Waals surface area (Å²) < 4.78 is 1.72. The Hall–Kier alpha value is -1.56. The zero-order valence-corrected chi connectivity index (χ0v) is 11.4. The average molecular weight is 263 g/mol. The van der Waals surface area contributed by atoms with Crippen molar-refractivity contribution in [3.63, 3.8) is 0 Å². The van der Waals surface area contributed by atoms with Crippen LogP contribution in [0.3, 0.4) is 0 Å². The van der Waals surface area contributed by atoms with E-state index in [1.165, 1.54) is 0 Å². The van der Waals surface area contributed by atoms with Crippen molar-refractivity contribution in [1.82, 2.24) is 20.2 Å². The number of para-hydroxylation sites is 1. The van der Waals surface area contributed by atoms with E-state index in [-0.39, 0.29) is 0 Å². The van der Waals surface area contributed by atoms with Crippen LogP contribution in [0, 0.1) is 0 Å². The monoisotopic (exact) mass is 263 g/mol. The molecule has 96 valence electrons. The quantitative estimate of drug-likeness (QED) is 0.866. The second-order valence-electron chi connectivity index (χ2n) is 4.08. The molecule has 1 heterocycles. The first-order chi connectivity index (χ1) is 8.81. The van der Waals surface area contributed by atoms with E-state index >= 15 is 0 Å². The topological polar surface area (TPSA) is 55.6 Å². The fraction of sp³-hybridized carbons (Fsp3) is 0.417. The summed E-state index contributed by atoms with van der Waals surface area (Å²) in [5.41, 5.74) is 0.960. The molecule has 1 aromatic heterocycles. The maximum absolute atomic E-state index is 4.02. The Bertz CT molecular complexity index is 470. The number of benzene rings is 1. The summed E-state index contributed by atoms with van der Waals surface area (Å²) in [6, 6.07) is 10.2. The molecule has 1 unspecified atom stereocenters. The smallest absolute Gasteiger partial charge is 0.247 e. The van der Waals surface area contributed by atoms with Crippen LogP contribution >= 0.6 is 11.8 Å². The van der Waals surface area contributed by atoms with Crippen molar-refractivity contribution in [3.8, 4) is 5.69 Å². The first kappa shape index (κ1) is 12.9. The summed E-state index contributed by atoms with van der Waals surface area (Å²) in [5.74, 6) is 1.82. The van der Waals surface area contributed by atoms with Crippen LogP contribution in [-0.2, 0) is 0 Å². The Balaban J connectivity index is 2.09. The normalized spacial score (nSPS) is 12.3. The van der Waals surface area contributed by atoms with E-state index in [4.69, 9.17) is 0 Å². The van der Waals surface area contributed by atoms with Gasteiger partial charge in [-0.15, -0.1) is 0 Å². The number of rotatable bonds is 6. The fourth-order valence-electron chi connectivity index (χ4n) is 1.61. The van der Waals surface area contributed by atoms with E-state index in [0.29, 0.717) is 12.0 Å². The van der Waals surface area contributed by atoms with E-state index in [1.54, 1.807) is 4.68 Å². The summed E-state index contributed by atoms with van der Waals surface area (Å²) in [4.78, 5) is 0. The van der Waals surface area contributed by atoms with Crippen LogP contribution in [0.1, 0.15) is 13.3 Å². The van der Waals surface area contributed by atoms with Crippen LogP contribution in [0.5, 0.6) is 0 Å². The summed E-state index contributed by atoms with van der Waals surface area (Å²) in [5, 5.41) is 15.1. The van der Waals surface area contributed by atoms with Gasteiger partial charge in [-0.25, -0.2) is 0 Å². The van der Waals surface area contributed by atoms with Gasteiger partial charge in [0.15, 0.2) is 0 Å². The molecule has 2 rings (SSSR count). The number of tetrazole rings is 1. The van der Waals surface area contributed by atoms with Gasteiger partial charge in [0.05, 0.1) is 5.69 Å². The van der Waals surface area contributed by atoms with Crippen molar-refractivity contribution in [2.45, 2.75) is 19.4 Å². The zero-order chi connectivity index (χ0) is 12.8. The molecule has 1 N–H and O–H groups in total. The second-order valence-corrected chi connectivity index (χ2v) is 5.06. The van der Waals surface area contributed by atoms with Gasteiger partial charge < -0.3 is 5.32 Å². The van der Waals surface area contributed by atoms with Crippen LogP contribution in [0.25, 0.3) is 5.69 Å². The molecular formula is C12H17N5S. The average Bonchev–Trinajstić information content (AvgIpc) is 2.85. The number of nitrogens with zero attached hydrogens (tertiary/aromatic N) is 4. The third kappa shape index (κ3) is 3.22.